The summed E-state index contributed by atoms with van der Waals surface area (Å²) in [5.74, 6) is 0.270. The molecule has 0 aromatic rings. The van der Waals surface area contributed by atoms with E-state index in [9.17, 15) is 4.79 Å². The maximum Gasteiger partial charge on any atom is 0.160 e. The third-order valence-electron chi connectivity index (χ3n) is 1.73. The summed E-state index contributed by atoms with van der Waals surface area (Å²) in [5.41, 5.74) is 0. The summed E-state index contributed by atoms with van der Waals surface area (Å²) in [6, 6.07) is 0. The van der Waals surface area contributed by atoms with E-state index in [0.717, 1.165) is 25.7 Å². The molecule has 0 aromatic heterocycles. The van der Waals surface area contributed by atoms with Gasteiger partial charge in [0, 0.05) is 6.42 Å². The Morgan fingerprint density at radius 3 is 2.25 bits per heavy atom. The molecule has 72 valence electrons. The quantitative estimate of drug-likeness (QED) is 0.677. The normalized spacial score (nSPS) is 11.7. The molecule has 0 fully saturated rings. The number of unbranched alkanes of at least 4 members (excludes halogenated alkanes) is 1. The van der Waals surface area contributed by atoms with E-state index in [1.54, 1.807) is 0 Å². The molecule has 0 radical (unpaired) electrons. The summed E-state index contributed by atoms with van der Waals surface area (Å²) in [7, 11) is 0. The van der Waals surface area contributed by atoms with Crippen molar-refractivity contribution in [2.45, 2.75) is 49.2 Å². The molecule has 0 aromatic carbocycles. The molecular formula is C9H16Br2O. The molecule has 12 heavy (non-hydrogen) atoms. The molecule has 0 aliphatic rings. The van der Waals surface area contributed by atoms with Crippen LogP contribution < -0.4 is 0 Å². The van der Waals surface area contributed by atoms with Gasteiger partial charge in [-0.05, 0) is 12.8 Å². The maximum atomic E-state index is 11.5. The number of carbonyl (C=O) groups excluding carboxylic acids is 1. The molecule has 0 unspecified atom stereocenters. The first-order valence-corrected chi connectivity index (χ1v) is 6.04. The second kappa shape index (κ2) is 6.14. The van der Waals surface area contributed by atoms with Crippen LogP contribution in [0.4, 0.5) is 0 Å². The average Bonchev–Trinajstić information content (AvgIpc) is 2.00. The van der Waals surface area contributed by atoms with E-state index in [0.29, 0.717) is 6.42 Å². The lowest BCUT2D eigenvalue weighted by Gasteiger charge is -2.17. The third-order valence-corrected chi connectivity index (χ3v) is 3.41. The largest absolute Gasteiger partial charge is 0.297 e. The Bertz CT molecular complexity index is 143. The Hall–Kier alpha value is 0.630. The van der Waals surface area contributed by atoms with Gasteiger partial charge in [-0.25, -0.2) is 0 Å². The van der Waals surface area contributed by atoms with Crippen molar-refractivity contribution >= 4 is 37.6 Å². The fraction of sp³-hybridized carbons (Fsp3) is 0.889. The smallest absolute Gasteiger partial charge is 0.160 e. The highest BCUT2D eigenvalue weighted by Gasteiger charge is 2.29. The molecular weight excluding hydrogens is 284 g/mol. The SMILES string of the molecule is CCCCC(=O)C(Br)(Br)CCC. The van der Waals surface area contributed by atoms with Crippen molar-refractivity contribution in [2.75, 3.05) is 0 Å². The van der Waals surface area contributed by atoms with Crippen LogP contribution in [0.1, 0.15) is 46.0 Å². The zero-order chi connectivity index (χ0) is 9.61. The summed E-state index contributed by atoms with van der Waals surface area (Å²) in [4.78, 5) is 11.5. The van der Waals surface area contributed by atoms with E-state index in [1.165, 1.54) is 0 Å². The average molecular weight is 300 g/mol. The van der Waals surface area contributed by atoms with Crippen molar-refractivity contribution in [3.8, 4) is 0 Å². The second-order valence-corrected chi connectivity index (χ2v) is 6.75. The minimum Gasteiger partial charge on any atom is -0.297 e. The summed E-state index contributed by atoms with van der Waals surface area (Å²) >= 11 is 6.81. The Balaban J connectivity index is 3.88. The molecule has 0 atom stereocenters. The number of carbonyl (C=O) groups is 1. The van der Waals surface area contributed by atoms with Crippen molar-refractivity contribution in [3.05, 3.63) is 0 Å². The zero-order valence-corrected chi connectivity index (χ0v) is 10.9. The van der Waals surface area contributed by atoms with Crippen molar-refractivity contribution in [1.29, 1.82) is 0 Å². The van der Waals surface area contributed by atoms with E-state index in [1.807, 2.05) is 0 Å². The molecule has 0 bridgehead atoms. The van der Waals surface area contributed by atoms with Gasteiger partial charge in [0.1, 0.15) is 3.23 Å². The van der Waals surface area contributed by atoms with Gasteiger partial charge in [0.25, 0.3) is 0 Å². The standard InChI is InChI=1S/C9H16Br2O/c1-3-5-6-8(12)9(10,11)7-4-2/h3-7H2,1-2H3. The lowest BCUT2D eigenvalue weighted by Crippen LogP contribution is -2.24. The van der Waals surface area contributed by atoms with Gasteiger partial charge in [-0.15, -0.1) is 0 Å². The highest BCUT2D eigenvalue weighted by molar-refractivity contribution is 9.25. The predicted molar refractivity (Wildman–Crippen MR) is 60.0 cm³/mol. The maximum absolute atomic E-state index is 11.5. The van der Waals surface area contributed by atoms with Gasteiger partial charge in [-0.3, -0.25) is 4.79 Å². The van der Waals surface area contributed by atoms with Gasteiger partial charge < -0.3 is 0 Å². The number of halogens is 2. The van der Waals surface area contributed by atoms with Crippen molar-refractivity contribution < 1.29 is 4.79 Å². The summed E-state index contributed by atoms with van der Waals surface area (Å²) in [5, 5.41) is 0. The summed E-state index contributed by atoms with van der Waals surface area (Å²) in [6.45, 7) is 4.17. The second-order valence-electron chi connectivity index (χ2n) is 2.98. The molecule has 0 aliphatic heterocycles. The minimum atomic E-state index is -0.454. The lowest BCUT2D eigenvalue weighted by molar-refractivity contribution is -0.119. The van der Waals surface area contributed by atoms with Crippen LogP contribution in [-0.4, -0.2) is 9.02 Å². The van der Waals surface area contributed by atoms with E-state index >= 15 is 0 Å². The number of rotatable bonds is 6. The molecule has 0 saturated carbocycles. The molecule has 0 rings (SSSR count). The monoisotopic (exact) mass is 298 g/mol. The van der Waals surface area contributed by atoms with Gasteiger partial charge in [-0.1, -0.05) is 58.5 Å². The highest BCUT2D eigenvalue weighted by Crippen LogP contribution is 2.34. The van der Waals surface area contributed by atoms with Gasteiger partial charge in [0.05, 0.1) is 0 Å². The Morgan fingerprint density at radius 1 is 1.25 bits per heavy atom. The van der Waals surface area contributed by atoms with Gasteiger partial charge in [-0.2, -0.15) is 0 Å². The van der Waals surface area contributed by atoms with Crippen LogP contribution >= 0.6 is 31.9 Å². The van der Waals surface area contributed by atoms with E-state index < -0.39 is 3.23 Å². The van der Waals surface area contributed by atoms with Crippen LogP contribution in [0.15, 0.2) is 0 Å². The fourth-order valence-electron chi connectivity index (χ4n) is 0.974. The number of alkyl halides is 2. The zero-order valence-electron chi connectivity index (χ0n) is 7.70. The van der Waals surface area contributed by atoms with Crippen LogP contribution in [0.2, 0.25) is 0 Å². The van der Waals surface area contributed by atoms with Crippen molar-refractivity contribution in [3.63, 3.8) is 0 Å². The first-order valence-electron chi connectivity index (χ1n) is 4.45. The topological polar surface area (TPSA) is 17.1 Å². The van der Waals surface area contributed by atoms with E-state index in [2.05, 4.69) is 45.7 Å². The summed E-state index contributed by atoms with van der Waals surface area (Å²) in [6.07, 6.45) is 4.60. The van der Waals surface area contributed by atoms with Gasteiger partial charge >= 0.3 is 0 Å². The predicted octanol–water partition coefficient (Wildman–Crippen LogP) is 4.03. The van der Waals surface area contributed by atoms with Crippen LogP contribution in [-0.2, 0) is 4.79 Å². The number of hydrogen-bond donors (Lipinski definition) is 0. The lowest BCUT2D eigenvalue weighted by atomic mass is 10.1. The van der Waals surface area contributed by atoms with Crippen LogP contribution in [0.3, 0.4) is 0 Å². The molecule has 0 heterocycles. The molecule has 0 N–H and O–H groups in total. The van der Waals surface area contributed by atoms with Gasteiger partial charge in [0.2, 0.25) is 0 Å². The first kappa shape index (κ1) is 12.6. The minimum absolute atomic E-state index is 0.270. The third kappa shape index (κ3) is 4.61. The van der Waals surface area contributed by atoms with Crippen LogP contribution in [0.5, 0.6) is 0 Å². The molecule has 0 spiro atoms. The number of ketones is 1. The molecule has 3 heteroatoms. The summed E-state index contributed by atoms with van der Waals surface area (Å²) < 4.78 is -0.454. The Kier molecular flexibility index (Phi) is 6.46. The van der Waals surface area contributed by atoms with Crippen LogP contribution in [0.25, 0.3) is 0 Å². The Labute approximate surface area is 91.6 Å². The van der Waals surface area contributed by atoms with Crippen LogP contribution in [0, 0.1) is 0 Å². The molecule has 0 amide bonds. The molecule has 0 saturated heterocycles. The van der Waals surface area contributed by atoms with E-state index in [4.69, 9.17) is 0 Å². The van der Waals surface area contributed by atoms with Crippen molar-refractivity contribution in [2.24, 2.45) is 0 Å². The fourth-order valence-corrected chi connectivity index (χ4v) is 2.16. The highest BCUT2D eigenvalue weighted by atomic mass is 79.9. The molecule has 1 nitrogen and oxygen atoms in total. The number of Topliss-reactive ketones (excluding diaryl/α,β-unsaturated/α-hetero) is 1. The first-order chi connectivity index (χ1) is 5.54. The number of hydrogen-bond acceptors (Lipinski definition) is 1. The van der Waals surface area contributed by atoms with Crippen molar-refractivity contribution in [1.82, 2.24) is 0 Å². The molecule has 0 aliphatic carbocycles. The van der Waals surface area contributed by atoms with E-state index in [-0.39, 0.29) is 5.78 Å². The Morgan fingerprint density at radius 2 is 1.83 bits per heavy atom. The van der Waals surface area contributed by atoms with Gasteiger partial charge in [0.15, 0.2) is 5.78 Å².